The van der Waals surface area contributed by atoms with Crippen molar-refractivity contribution >= 4 is 27.7 Å². The Morgan fingerprint density at radius 1 is 1.47 bits per heavy atom. The molecule has 0 saturated carbocycles. The Bertz CT molecular complexity index is 444. The molecular formula is C14H22BrN3O. The van der Waals surface area contributed by atoms with Crippen LogP contribution in [0.15, 0.2) is 29.0 Å². The Hall–Kier alpha value is -1.36. The molecule has 1 aromatic rings. The number of hydrogen-bond acceptors (Lipinski definition) is 3. The van der Waals surface area contributed by atoms with E-state index in [0.29, 0.717) is 23.5 Å². The van der Waals surface area contributed by atoms with Crippen molar-refractivity contribution in [2.24, 2.45) is 0 Å². The molecule has 0 saturated heterocycles. The van der Waals surface area contributed by atoms with Crippen LogP contribution in [-0.2, 0) is 0 Å². The van der Waals surface area contributed by atoms with E-state index in [1.54, 1.807) is 17.2 Å². The van der Waals surface area contributed by atoms with E-state index in [4.69, 9.17) is 0 Å². The molecule has 0 aliphatic carbocycles. The molecule has 0 aromatic carbocycles. The lowest BCUT2D eigenvalue weighted by Crippen LogP contribution is -2.25. The maximum atomic E-state index is 12.0. The van der Waals surface area contributed by atoms with Gasteiger partial charge in [0, 0.05) is 30.5 Å². The zero-order valence-corrected chi connectivity index (χ0v) is 13.8. The third kappa shape index (κ3) is 5.42. The van der Waals surface area contributed by atoms with Gasteiger partial charge < -0.3 is 10.2 Å². The molecule has 0 bridgehead atoms. The van der Waals surface area contributed by atoms with Crippen LogP contribution in [0.4, 0.5) is 5.82 Å². The predicted molar refractivity (Wildman–Crippen MR) is 84.5 cm³/mol. The summed E-state index contributed by atoms with van der Waals surface area (Å²) >= 11 is 3.31. The van der Waals surface area contributed by atoms with Gasteiger partial charge in [-0.3, -0.25) is 4.79 Å². The average molecular weight is 328 g/mol. The monoisotopic (exact) mass is 327 g/mol. The highest BCUT2D eigenvalue weighted by atomic mass is 79.9. The highest BCUT2D eigenvalue weighted by Gasteiger charge is 2.15. The zero-order chi connectivity index (χ0) is 15.0. The number of hydrogen-bond donors (Lipinski definition) is 1. The summed E-state index contributed by atoms with van der Waals surface area (Å²) in [6, 6.07) is 1.75. The summed E-state index contributed by atoms with van der Waals surface area (Å²) in [6.45, 7) is 9.70. The molecule has 0 unspecified atom stereocenters. The Morgan fingerprint density at radius 2 is 2.05 bits per heavy atom. The van der Waals surface area contributed by atoms with E-state index in [2.05, 4.69) is 32.8 Å². The number of aromatic nitrogens is 1. The van der Waals surface area contributed by atoms with Gasteiger partial charge in [0.15, 0.2) is 0 Å². The molecule has 1 rings (SSSR count). The number of anilines is 1. The molecular weight excluding hydrogens is 306 g/mol. The van der Waals surface area contributed by atoms with Crippen LogP contribution < -0.4 is 10.2 Å². The zero-order valence-electron chi connectivity index (χ0n) is 12.2. The SMILES string of the molecule is C=C(CC)NC(=O)c1cc(Br)cnc1N(C)C.CC. The fourth-order valence-electron chi connectivity index (χ4n) is 1.27. The molecule has 0 radical (unpaired) electrons. The van der Waals surface area contributed by atoms with Gasteiger partial charge in [0.2, 0.25) is 0 Å². The minimum absolute atomic E-state index is 0.186. The van der Waals surface area contributed by atoms with Crippen molar-refractivity contribution in [2.45, 2.75) is 27.2 Å². The summed E-state index contributed by atoms with van der Waals surface area (Å²) < 4.78 is 0.773. The lowest BCUT2D eigenvalue weighted by atomic mass is 10.2. The number of nitrogens with one attached hydrogen (secondary N) is 1. The second kappa shape index (κ2) is 8.69. The molecule has 4 nitrogen and oxygen atoms in total. The predicted octanol–water partition coefficient (Wildman–Crippen LogP) is 3.59. The number of amides is 1. The summed E-state index contributed by atoms with van der Waals surface area (Å²) in [5, 5.41) is 2.75. The Morgan fingerprint density at radius 3 is 2.53 bits per heavy atom. The number of nitrogens with zero attached hydrogens (tertiary/aromatic N) is 2. The van der Waals surface area contributed by atoms with Crippen LogP contribution in [0, 0.1) is 0 Å². The van der Waals surface area contributed by atoms with Gasteiger partial charge in [0.25, 0.3) is 5.91 Å². The lowest BCUT2D eigenvalue weighted by molar-refractivity contribution is 0.0965. The first-order valence-corrected chi connectivity index (χ1v) is 7.07. The Balaban J connectivity index is 0.00000154. The normalized spacial score (nSPS) is 9.16. The molecule has 19 heavy (non-hydrogen) atoms. The van der Waals surface area contributed by atoms with E-state index in [1.165, 1.54) is 0 Å². The standard InChI is InChI=1S/C12H16BrN3O.C2H6/c1-5-8(2)15-12(17)10-6-9(13)7-14-11(10)16(3)4;1-2/h6-7H,2,5H2,1,3-4H3,(H,15,17);1-2H3. The van der Waals surface area contributed by atoms with Crippen LogP contribution in [0.2, 0.25) is 0 Å². The molecule has 0 aliphatic heterocycles. The number of rotatable bonds is 4. The van der Waals surface area contributed by atoms with Gasteiger partial charge in [0.1, 0.15) is 5.82 Å². The maximum Gasteiger partial charge on any atom is 0.259 e. The molecule has 1 heterocycles. The largest absolute Gasteiger partial charge is 0.362 e. The summed E-state index contributed by atoms with van der Waals surface area (Å²) in [5.74, 6) is 0.448. The maximum absolute atomic E-state index is 12.0. The van der Waals surface area contributed by atoms with Crippen molar-refractivity contribution in [3.8, 4) is 0 Å². The minimum Gasteiger partial charge on any atom is -0.362 e. The van der Waals surface area contributed by atoms with E-state index in [1.807, 2.05) is 34.9 Å². The summed E-state index contributed by atoms with van der Waals surface area (Å²) in [5.41, 5.74) is 1.22. The van der Waals surface area contributed by atoms with Crippen molar-refractivity contribution in [1.82, 2.24) is 10.3 Å². The lowest BCUT2D eigenvalue weighted by Gasteiger charge is -2.16. The smallest absolute Gasteiger partial charge is 0.259 e. The Kier molecular flexibility index (Phi) is 8.07. The van der Waals surface area contributed by atoms with E-state index in [-0.39, 0.29) is 5.91 Å². The van der Waals surface area contributed by atoms with Crippen LogP contribution in [0.25, 0.3) is 0 Å². The van der Waals surface area contributed by atoms with Gasteiger partial charge in [-0.15, -0.1) is 0 Å². The van der Waals surface area contributed by atoms with Crippen molar-refractivity contribution in [2.75, 3.05) is 19.0 Å². The number of allylic oxidation sites excluding steroid dienone is 1. The van der Waals surface area contributed by atoms with Crippen LogP contribution in [-0.4, -0.2) is 25.0 Å². The van der Waals surface area contributed by atoms with Crippen LogP contribution in [0.5, 0.6) is 0 Å². The molecule has 0 fully saturated rings. The first kappa shape index (κ1) is 17.6. The van der Waals surface area contributed by atoms with Crippen molar-refractivity contribution in [3.05, 3.63) is 34.6 Å². The fourth-order valence-corrected chi connectivity index (χ4v) is 1.60. The van der Waals surface area contributed by atoms with Gasteiger partial charge >= 0.3 is 0 Å². The van der Waals surface area contributed by atoms with Crippen LogP contribution in [0.3, 0.4) is 0 Å². The summed E-state index contributed by atoms with van der Waals surface area (Å²) in [6.07, 6.45) is 2.38. The molecule has 0 atom stereocenters. The molecule has 0 aliphatic rings. The fraction of sp³-hybridized carbons (Fsp3) is 0.429. The number of carbonyl (C=O) groups excluding carboxylic acids is 1. The van der Waals surface area contributed by atoms with Crippen LogP contribution >= 0.6 is 15.9 Å². The first-order valence-electron chi connectivity index (χ1n) is 6.27. The second-order valence-corrected chi connectivity index (χ2v) is 4.75. The quantitative estimate of drug-likeness (QED) is 0.919. The molecule has 106 valence electrons. The van der Waals surface area contributed by atoms with Crippen molar-refractivity contribution in [3.63, 3.8) is 0 Å². The van der Waals surface area contributed by atoms with Gasteiger partial charge in [-0.05, 0) is 28.4 Å². The van der Waals surface area contributed by atoms with E-state index in [9.17, 15) is 4.79 Å². The van der Waals surface area contributed by atoms with Crippen molar-refractivity contribution < 1.29 is 4.79 Å². The average Bonchev–Trinajstić information content (AvgIpc) is 2.40. The summed E-state index contributed by atoms with van der Waals surface area (Å²) in [4.78, 5) is 18.1. The topological polar surface area (TPSA) is 45.2 Å². The first-order chi connectivity index (χ1) is 8.95. The van der Waals surface area contributed by atoms with Gasteiger partial charge in [0.05, 0.1) is 5.56 Å². The third-order valence-electron chi connectivity index (χ3n) is 2.22. The number of carbonyl (C=O) groups is 1. The van der Waals surface area contributed by atoms with Gasteiger partial charge in [-0.2, -0.15) is 0 Å². The molecule has 0 spiro atoms. The number of pyridine rings is 1. The Labute approximate surface area is 124 Å². The minimum atomic E-state index is -0.186. The van der Waals surface area contributed by atoms with Crippen LogP contribution in [0.1, 0.15) is 37.6 Å². The third-order valence-corrected chi connectivity index (χ3v) is 2.65. The second-order valence-electron chi connectivity index (χ2n) is 3.83. The van der Waals surface area contributed by atoms with Gasteiger partial charge in [-0.25, -0.2) is 4.98 Å². The van der Waals surface area contributed by atoms with Crippen molar-refractivity contribution in [1.29, 1.82) is 0 Å². The summed E-state index contributed by atoms with van der Waals surface area (Å²) in [7, 11) is 3.70. The number of halogens is 1. The molecule has 1 N–H and O–H groups in total. The molecule has 1 aromatic heterocycles. The molecule has 5 heteroatoms. The van der Waals surface area contributed by atoms with E-state index >= 15 is 0 Å². The molecule has 1 amide bonds. The van der Waals surface area contributed by atoms with E-state index in [0.717, 1.165) is 4.47 Å². The highest BCUT2D eigenvalue weighted by molar-refractivity contribution is 9.10. The van der Waals surface area contributed by atoms with E-state index < -0.39 is 0 Å². The van der Waals surface area contributed by atoms with Gasteiger partial charge in [-0.1, -0.05) is 27.4 Å². The highest BCUT2D eigenvalue weighted by Crippen LogP contribution is 2.20.